The van der Waals surface area contributed by atoms with Crippen molar-refractivity contribution in [2.75, 3.05) is 12.5 Å². The van der Waals surface area contributed by atoms with Gasteiger partial charge < -0.3 is 0 Å². The molecule has 28 heavy (non-hydrogen) atoms. The summed E-state index contributed by atoms with van der Waals surface area (Å²) in [6.07, 6.45) is 3.34. The van der Waals surface area contributed by atoms with Crippen molar-refractivity contribution in [3.63, 3.8) is 0 Å². The maximum absolute atomic E-state index is 12.4. The Morgan fingerprint density at radius 3 is 1.29 bits per heavy atom. The molecular formula is C22H22O2S4. The van der Waals surface area contributed by atoms with Crippen molar-refractivity contribution in [1.29, 1.82) is 0 Å². The van der Waals surface area contributed by atoms with Crippen LogP contribution in [0.3, 0.4) is 0 Å². The Labute approximate surface area is 180 Å². The molecule has 0 aliphatic carbocycles. The molecule has 0 amide bonds. The van der Waals surface area contributed by atoms with Crippen LogP contribution in [-0.4, -0.2) is 20.9 Å². The molecular weight excluding hydrogens is 425 g/mol. The van der Waals surface area contributed by atoms with Crippen molar-refractivity contribution in [3.8, 4) is 0 Å². The van der Waals surface area contributed by atoms with Crippen molar-refractivity contribution >= 4 is 45.1 Å². The van der Waals surface area contributed by atoms with Gasteiger partial charge in [0.25, 0.3) is 0 Å². The fourth-order valence-corrected chi connectivity index (χ4v) is 6.68. The lowest BCUT2D eigenvalue weighted by Crippen LogP contribution is -1.98. The first-order chi connectivity index (χ1) is 13.3. The predicted octanol–water partition coefficient (Wildman–Crippen LogP) is 6.08. The van der Waals surface area contributed by atoms with Crippen molar-refractivity contribution in [1.82, 2.24) is 0 Å². The van der Waals surface area contributed by atoms with E-state index in [0.29, 0.717) is 0 Å². The molecule has 0 N–H and O–H groups in total. The van der Waals surface area contributed by atoms with E-state index in [0.717, 1.165) is 29.4 Å². The van der Waals surface area contributed by atoms with E-state index >= 15 is 0 Å². The minimum absolute atomic E-state index is 0.726. The molecule has 0 radical (unpaired) electrons. The second-order valence-corrected chi connectivity index (χ2v) is 11.4. The molecule has 2 unspecified atom stereocenters. The van der Waals surface area contributed by atoms with Gasteiger partial charge in [-0.25, -0.2) is 0 Å². The number of benzene rings is 3. The largest absolute Gasteiger partial charge is 0.255 e. The highest BCUT2D eigenvalue weighted by Crippen LogP contribution is 2.40. The number of hydrogen-bond acceptors (Lipinski definition) is 4. The van der Waals surface area contributed by atoms with Crippen LogP contribution in [0.1, 0.15) is 11.1 Å². The summed E-state index contributed by atoms with van der Waals surface area (Å²) in [6.45, 7) is 4.12. The van der Waals surface area contributed by atoms with Crippen LogP contribution >= 0.6 is 23.5 Å². The highest BCUT2D eigenvalue weighted by Gasteiger charge is 2.17. The van der Waals surface area contributed by atoms with Gasteiger partial charge in [0.05, 0.1) is 31.4 Å². The number of aryl methyl sites for hydroxylation is 2. The maximum Gasteiger partial charge on any atom is 0.0537 e. The fourth-order valence-electron chi connectivity index (χ4n) is 2.60. The second kappa shape index (κ2) is 9.44. The van der Waals surface area contributed by atoms with Gasteiger partial charge in [-0.2, -0.15) is 0 Å². The molecule has 0 fully saturated rings. The standard InChI is InChI=1S/C22H22O2S4/c1-15-5-9-17(10-6-15)25-19-13-20(26-18-11-7-16(2)8-12-18)22(28(4)24)14-21(19)27(3)23/h5-14H,1-4H3. The van der Waals surface area contributed by atoms with Crippen LogP contribution < -0.4 is 0 Å². The number of rotatable bonds is 6. The van der Waals surface area contributed by atoms with Crippen LogP contribution in [0.2, 0.25) is 0 Å². The Morgan fingerprint density at radius 1 is 0.607 bits per heavy atom. The fraction of sp³-hybridized carbons (Fsp3) is 0.182. The lowest BCUT2D eigenvalue weighted by molar-refractivity contribution is 0.682. The zero-order valence-corrected chi connectivity index (χ0v) is 19.5. The van der Waals surface area contributed by atoms with E-state index in [1.165, 1.54) is 11.1 Å². The van der Waals surface area contributed by atoms with Crippen LogP contribution in [-0.2, 0) is 21.6 Å². The molecule has 3 aromatic carbocycles. The van der Waals surface area contributed by atoms with Crippen LogP contribution in [0.25, 0.3) is 0 Å². The molecule has 0 heterocycles. The SMILES string of the molecule is Cc1ccc(Sc2cc(Sc3ccc(C)cc3)c(S(C)=O)cc2S(C)=O)cc1. The Balaban J connectivity index is 2.06. The van der Waals surface area contributed by atoms with Gasteiger partial charge in [-0.15, -0.1) is 0 Å². The minimum Gasteiger partial charge on any atom is -0.255 e. The van der Waals surface area contributed by atoms with E-state index in [1.807, 2.05) is 12.1 Å². The summed E-state index contributed by atoms with van der Waals surface area (Å²) < 4.78 is 24.8. The molecule has 0 saturated heterocycles. The highest BCUT2D eigenvalue weighted by atomic mass is 32.2. The van der Waals surface area contributed by atoms with Gasteiger partial charge in [0.1, 0.15) is 0 Å². The third-order valence-corrected chi connectivity index (χ3v) is 8.43. The normalized spacial score (nSPS) is 13.3. The zero-order valence-electron chi connectivity index (χ0n) is 16.2. The minimum atomic E-state index is -1.17. The van der Waals surface area contributed by atoms with E-state index in [1.54, 1.807) is 36.0 Å². The van der Waals surface area contributed by atoms with Gasteiger partial charge in [0.2, 0.25) is 0 Å². The Hall–Kier alpha value is -1.34. The predicted molar refractivity (Wildman–Crippen MR) is 122 cm³/mol. The summed E-state index contributed by atoms with van der Waals surface area (Å²) in [6, 6.07) is 20.4. The molecule has 0 aromatic heterocycles. The smallest absolute Gasteiger partial charge is 0.0537 e. The number of hydrogen-bond donors (Lipinski definition) is 0. The van der Waals surface area contributed by atoms with Gasteiger partial charge >= 0.3 is 0 Å². The van der Waals surface area contributed by atoms with Crippen molar-refractivity contribution in [3.05, 3.63) is 71.8 Å². The Bertz CT molecular complexity index is 945. The molecule has 0 aliphatic rings. The molecule has 0 bridgehead atoms. The quantitative estimate of drug-likeness (QED) is 0.459. The average Bonchev–Trinajstić information content (AvgIpc) is 2.65. The van der Waals surface area contributed by atoms with Crippen LogP contribution in [0.5, 0.6) is 0 Å². The lowest BCUT2D eigenvalue weighted by atomic mass is 10.2. The average molecular weight is 447 g/mol. The molecule has 2 atom stereocenters. The molecule has 3 rings (SSSR count). The maximum atomic E-state index is 12.4. The summed E-state index contributed by atoms with van der Waals surface area (Å²) >= 11 is 3.19. The van der Waals surface area contributed by atoms with E-state index in [9.17, 15) is 8.42 Å². The summed E-state index contributed by atoms with van der Waals surface area (Å²) in [4.78, 5) is 5.51. The van der Waals surface area contributed by atoms with Crippen molar-refractivity contribution in [2.24, 2.45) is 0 Å². The van der Waals surface area contributed by atoms with Gasteiger partial charge in [-0.1, -0.05) is 58.9 Å². The monoisotopic (exact) mass is 446 g/mol. The topological polar surface area (TPSA) is 34.1 Å². The first-order valence-electron chi connectivity index (χ1n) is 8.67. The van der Waals surface area contributed by atoms with Crippen LogP contribution in [0.4, 0.5) is 0 Å². The van der Waals surface area contributed by atoms with Gasteiger partial charge in [-0.05, 0) is 50.2 Å². The molecule has 146 valence electrons. The third kappa shape index (κ3) is 5.38. The molecule has 0 spiro atoms. The summed E-state index contributed by atoms with van der Waals surface area (Å²) in [5.41, 5.74) is 2.41. The van der Waals surface area contributed by atoms with Gasteiger partial charge in [0, 0.05) is 32.1 Å². The summed E-state index contributed by atoms with van der Waals surface area (Å²) in [7, 11) is -2.34. The molecule has 2 nitrogen and oxygen atoms in total. The van der Waals surface area contributed by atoms with E-state index in [2.05, 4.69) is 62.4 Å². The van der Waals surface area contributed by atoms with E-state index in [-0.39, 0.29) is 0 Å². The highest BCUT2D eigenvalue weighted by molar-refractivity contribution is 8.00. The van der Waals surface area contributed by atoms with Gasteiger partial charge in [0.15, 0.2) is 0 Å². The third-order valence-electron chi connectivity index (χ3n) is 4.13. The van der Waals surface area contributed by atoms with Crippen LogP contribution in [0.15, 0.2) is 90.0 Å². The molecule has 6 heteroatoms. The molecule has 0 saturated carbocycles. The zero-order chi connectivity index (χ0) is 20.3. The summed E-state index contributed by atoms with van der Waals surface area (Å²) in [5.74, 6) is 0. The second-order valence-electron chi connectivity index (χ2n) is 6.48. The molecule has 0 aliphatic heterocycles. The van der Waals surface area contributed by atoms with E-state index < -0.39 is 21.6 Å². The van der Waals surface area contributed by atoms with Crippen molar-refractivity contribution < 1.29 is 8.42 Å². The lowest BCUT2D eigenvalue weighted by Gasteiger charge is -2.14. The summed E-state index contributed by atoms with van der Waals surface area (Å²) in [5, 5.41) is 0. The van der Waals surface area contributed by atoms with Gasteiger partial charge in [-0.3, -0.25) is 8.42 Å². The molecule has 3 aromatic rings. The van der Waals surface area contributed by atoms with E-state index in [4.69, 9.17) is 0 Å². The van der Waals surface area contributed by atoms with Crippen LogP contribution in [0, 0.1) is 13.8 Å². The Morgan fingerprint density at radius 2 is 0.964 bits per heavy atom. The first-order valence-corrected chi connectivity index (χ1v) is 13.4. The Kier molecular flexibility index (Phi) is 7.20. The first kappa shape index (κ1) is 21.4. The van der Waals surface area contributed by atoms with Crippen molar-refractivity contribution in [2.45, 2.75) is 43.2 Å².